The molecule has 2 rings (SSSR count). The molecule has 2 heterocycles. The van der Waals surface area contributed by atoms with Gasteiger partial charge in [-0.1, -0.05) is 18.5 Å². The Morgan fingerprint density at radius 2 is 2.10 bits per heavy atom. The lowest BCUT2D eigenvalue weighted by molar-refractivity contribution is 0.000800. The summed E-state index contributed by atoms with van der Waals surface area (Å²) >= 11 is 7.75. The molecule has 0 aromatic carbocycles. The summed E-state index contributed by atoms with van der Waals surface area (Å²) in [5, 5.41) is 0. The van der Waals surface area contributed by atoms with Crippen molar-refractivity contribution >= 4 is 22.9 Å². The van der Waals surface area contributed by atoms with E-state index < -0.39 is 0 Å². The molecule has 20 heavy (non-hydrogen) atoms. The highest BCUT2D eigenvalue weighted by Gasteiger charge is 2.30. The molecule has 0 amide bonds. The number of piperidine rings is 1. The second-order valence-electron chi connectivity index (χ2n) is 5.35. The predicted octanol–water partition coefficient (Wildman–Crippen LogP) is 3.68. The van der Waals surface area contributed by atoms with Crippen LogP contribution in [0.1, 0.15) is 44.0 Å². The van der Waals surface area contributed by atoms with Crippen LogP contribution in [0.3, 0.4) is 0 Å². The summed E-state index contributed by atoms with van der Waals surface area (Å²) in [6.07, 6.45) is 3.59. The minimum absolute atomic E-state index is 0.161. The van der Waals surface area contributed by atoms with Crippen LogP contribution in [0.15, 0.2) is 12.1 Å². The van der Waals surface area contributed by atoms with E-state index in [4.69, 9.17) is 22.1 Å². The smallest absolute Gasteiger partial charge is 0.0931 e. The van der Waals surface area contributed by atoms with Crippen molar-refractivity contribution in [2.75, 3.05) is 19.7 Å². The number of rotatable bonds is 6. The van der Waals surface area contributed by atoms with Gasteiger partial charge >= 0.3 is 0 Å². The van der Waals surface area contributed by atoms with Crippen LogP contribution in [0.5, 0.6) is 0 Å². The topological polar surface area (TPSA) is 38.5 Å². The Kier molecular flexibility index (Phi) is 6.30. The standard InChI is InChI=1S/C15H25ClN2OS/c1-3-12(17)15(13-5-6-14(16)20-13)18-9-7-11(8-10-18)19-4-2/h5-6,11-12,15H,3-4,7-10,17H2,1-2H3. The Hall–Kier alpha value is -0.130. The fraction of sp³-hybridized carbons (Fsp3) is 0.733. The van der Waals surface area contributed by atoms with Crippen LogP contribution >= 0.6 is 22.9 Å². The molecule has 1 aromatic heterocycles. The van der Waals surface area contributed by atoms with Crippen molar-refractivity contribution in [3.05, 3.63) is 21.3 Å². The molecule has 5 heteroatoms. The van der Waals surface area contributed by atoms with Gasteiger partial charge in [0.25, 0.3) is 0 Å². The summed E-state index contributed by atoms with van der Waals surface area (Å²) < 4.78 is 6.58. The summed E-state index contributed by atoms with van der Waals surface area (Å²) in [6.45, 7) is 7.13. The average Bonchev–Trinajstić information content (AvgIpc) is 2.87. The van der Waals surface area contributed by atoms with E-state index in [0.717, 1.165) is 43.3 Å². The third-order valence-corrected chi connectivity index (χ3v) is 5.34. The van der Waals surface area contributed by atoms with E-state index in [2.05, 4.69) is 24.8 Å². The largest absolute Gasteiger partial charge is 0.378 e. The molecule has 0 bridgehead atoms. The Bertz CT molecular complexity index is 404. The lowest BCUT2D eigenvalue weighted by Gasteiger charge is -2.39. The van der Waals surface area contributed by atoms with Gasteiger partial charge in [-0.05, 0) is 38.3 Å². The van der Waals surface area contributed by atoms with Crippen LogP contribution in [0.25, 0.3) is 0 Å². The lowest BCUT2D eigenvalue weighted by atomic mass is 9.98. The quantitative estimate of drug-likeness (QED) is 0.870. The molecule has 1 aliphatic heterocycles. The van der Waals surface area contributed by atoms with Crippen molar-refractivity contribution in [1.82, 2.24) is 4.90 Å². The minimum atomic E-state index is 0.161. The van der Waals surface area contributed by atoms with Gasteiger partial charge in [0.2, 0.25) is 0 Å². The van der Waals surface area contributed by atoms with E-state index in [1.165, 1.54) is 4.88 Å². The predicted molar refractivity (Wildman–Crippen MR) is 86.6 cm³/mol. The molecule has 114 valence electrons. The number of likely N-dealkylation sites (tertiary alicyclic amines) is 1. The van der Waals surface area contributed by atoms with Gasteiger partial charge in [0.05, 0.1) is 16.5 Å². The number of halogens is 1. The fourth-order valence-electron chi connectivity index (χ4n) is 2.93. The van der Waals surface area contributed by atoms with Crippen LogP contribution < -0.4 is 5.73 Å². The van der Waals surface area contributed by atoms with E-state index in [9.17, 15) is 0 Å². The molecule has 2 unspecified atom stereocenters. The monoisotopic (exact) mass is 316 g/mol. The molecule has 2 atom stereocenters. The van der Waals surface area contributed by atoms with E-state index in [1.54, 1.807) is 11.3 Å². The number of nitrogens with zero attached hydrogens (tertiary/aromatic N) is 1. The SMILES string of the molecule is CCOC1CCN(C(c2ccc(Cl)s2)C(N)CC)CC1. The molecule has 1 aliphatic rings. The average molecular weight is 317 g/mol. The Morgan fingerprint density at radius 3 is 2.60 bits per heavy atom. The first-order chi connectivity index (χ1) is 9.65. The number of nitrogens with two attached hydrogens (primary N) is 1. The van der Waals surface area contributed by atoms with Crippen LogP contribution in [-0.2, 0) is 4.74 Å². The van der Waals surface area contributed by atoms with Crippen LogP contribution in [0.2, 0.25) is 4.34 Å². The molecule has 1 fully saturated rings. The zero-order chi connectivity index (χ0) is 14.5. The molecule has 0 aliphatic carbocycles. The van der Waals surface area contributed by atoms with Crippen LogP contribution in [0, 0.1) is 0 Å². The van der Waals surface area contributed by atoms with E-state index >= 15 is 0 Å². The highest BCUT2D eigenvalue weighted by molar-refractivity contribution is 7.16. The lowest BCUT2D eigenvalue weighted by Crippen LogP contribution is -2.45. The molecule has 0 saturated carbocycles. The second kappa shape index (κ2) is 7.76. The summed E-state index contributed by atoms with van der Waals surface area (Å²) in [5.74, 6) is 0. The van der Waals surface area contributed by atoms with Gasteiger partial charge in [0.15, 0.2) is 0 Å². The van der Waals surface area contributed by atoms with Gasteiger partial charge in [0.1, 0.15) is 0 Å². The van der Waals surface area contributed by atoms with Gasteiger partial charge in [-0.3, -0.25) is 4.90 Å². The van der Waals surface area contributed by atoms with E-state index in [1.807, 2.05) is 6.07 Å². The van der Waals surface area contributed by atoms with Gasteiger partial charge in [0, 0.05) is 30.6 Å². The first kappa shape index (κ1) is 16.2. The number of ether oxygens (including phenoxy) is 1. The zero-order valence-corrected chi connectivity index (χ0v) is 13.9. The van der Waals surface area contributed by atoms with E-state index in [0.29, 0.717) is 12.1 Å². The minimum Gasteiger partial charge on any atom is -0.378 e. The van der Waals surface area contributed by atoms with Crippen molar-refractivity contribution in [1.29, 1.82) is 0 Å². The third-order valence-electron chi connectivity index (χ3n) is 4.03. The normalized spacial score (nSPS) is 21.0. The van der Waals surface area contributed by atoms with Crippen molar-refractivity contribution in [2.24, 2.45) is 5.73 Å². The van der Waals surface area contributed by atoms with Gasteiger partial charge in [-0.15, -0.1) is 11.3 Å². The van der Waals surface area contributed by atoms with Gasteiger partial charge < -0.3 is 10.5 Å². The molecule has 3 nitrogen and oxygen atoms in total. The fourth-order valence-corrected chi connectivity index (χ4v) is 4.20. The van der Waals surface area contributed by atoms with Crippen LogP contribution in [0.4, 0.5) is 0 Å². The summed E-state index contributed by atoms with van der Waals surface area (Å²) in [6, 6.07) is 4.56. The molecule has 2 N–H and O–H groups in total. The molecule has 0 spiro atoms. The number of hydrogen-bond acceptors (Lipinski definition) is 4. The van der Waals surface area contributed by atoms with E-state index in [-0.39, 0.29) is 6.04 Å². The Labute approximate surface area is 131 Å². The van der Waals surface area contributed by atoms with Crippen molar-refractivity contribution in [3.63, 3.8) is 0 Å². The first-order valence-corrected chi connectivity index (χ1v) is 8.71. The maximum Gasteiger partial charge on any atom is 0.0931 e. The number of thiophene rings is 1. The summed E-state index contributed by atoms with van der Waals surface area (Å²) in [4.78, 5) is 3.80. The maximum absolute atomic E-state index is 6.37. The third kappa shape index (κ3) is 3.95. The zero-order valence-electron chi connectivity index (χ0n) is 12.3. The summed E-state index contributed by atoms with van der Waals surface area (Å²) in [7, 11) is 0. The first-order valence-electron chi connectivity index (χ1n) is 7.52. The molecular formula is C15H25ClN2OS. The molecular weight excluding hydrogens is 292 g/mol. The van der Waals surface area contributed by atoms with Crippen molar-refractivity contribution < 1.29 is 4.74 Å². The summed E-state index contributed by atoms with van der Waals surface area (Å²) in [5.41, 5.74) is 6.37. The molecule has 1 saturated heterocycles. The van der Waals surface area contributed by atoms with Crippen LogP contribution in [-0.4, -0.2) is 36.7 Å². The molecule has 0 radical (unpaired) electrons. The highest BCUT2D eigenvalue weighted by Crippen LogP contribution is 2.34. The molecule has 1 aromatic rings. The second-order valence-corrected chi connectivity index (χ2v) is 7.10. The number of hydrogen-bond donors (Lipinski definition) is 1. The van der Waals surface area contributed by atoms with Crippen molar-refractivity contribution in [3.8, 4) is 0 Å². The Morgan fingerprint density at radius 1 is 1.40 bits per heavy atom. The van der Waals surface area contributed by atoms with Crippen molar-refractivity contribution in [2.45, 2.75) is 51.3 Å². The van der Waals surface area contributed by atoms with Gasteiger partial charge in [-0.2, -0.15) is 0 Å². The maximum atomic E-state index is 6.37. The Balaban J connectivity index is 2.05. The highest BCUT2D eigenvalue weighted by atomic mass is 35.5. The van der Waals surface area contributed by atoms with Gasteiger partial charge in [-0.25, -0.2) is 0 Å².